The van der Waals surface area contributed by atoms with Gasteiger partial charge in [-0.3, -0.25) is 4.90 Å². The highest BCUT2D eigenvalue weighted by molar-refractivity contribution is 7.15. The van der Waals surface area contributed by atoms with E-state index in [1.807, 2.05) is 36.4 Å². The molecular formula is C29H32ClNO3S. The van der Waals surface area contributed by atoms with E-state index in [2.05, 4.69) is 30.9 Å². The van der Waals surface area contributed by atoms with Crippen LogP contribution in [0.1, 0.15) is 29.7 Å². The van der Waals surface area contributed by atoms with Crippen LogP contribution in [0.2, 0.25) is 0 Å². The lowest BCUT2D eigenvalue weighted by Crippen LogP contribution is -2.33. The zero-order valence-corrected chi connectivity index (χ0v) is 21.9. The van der Waals surface area contributed by atoms with Crippen molar-refractivity contribution >= 4 is 34.5 Å². The molecule has 1 fully saturated rings. The molecule has 4 aromatic rings. The van der Waals surface area contributed by atoms with E-state index >= 15 is 0 Å². The van der Waals surface area contributed by atoms with Gasteiger partial charge in [-0.1, -0.05) is 12.5 Å². The maximum atomic E-state index is 9.97. The number of thiophene rings is 1. The molecule has 184 valence electrons. The van der Waals surface area contributed by atoms with Crippen LogP contribution >= 0.6 is 23.7 Å². The molecular weight excluding hydrogens is 478 g/mol. The lowest BCUT2D eigenvalue weighted by atomic mass is 10.0. The summed E-state index contributed by atoms with van der Waals surface area (Å²) < 4.78 is 12.5. The summed E-state index contributed by atoms with van der Waals surface area (Å²) in [6.45, 7) is 8.33. The molecule has 1 aliphatic rings. The molecule has 5 rings (SSSR count). The van der Waals surface area contributed by atoms with Gasteiger partial charge in [0.2, 0.25) is 0 Å². The molecule has 1 N–H and O–H groups in total. The standard InChI is InChI=1S/C29H31NO3S.ClH/c1-20-18-28(34-21(20)2)27-12-6-22-19-23(31)7-13-26(22)29(27)33-25-10-8-24(9-11-25)32-17-16-30-14-4-3-5-15-30;/h6-13,18-19,31H,3-5,14-17H2,1-2H3;1H. The zero-order valence-electron chi connectivity index (χ0n) is 20.3. The molecule has 1 aromatic heterocycles. The van der Waals surface area contributed by atoms with Gasteiger partial charge >= 0.3 is 0 Å². The SMILES string of the molecule is Cc1cc(-c2ccc3cc(O)ccc3c2Oc2ccc(OCCN3CCCCC3)cc2)sc1C.Cl. The lowest BCUT2D eigenvalue weighted by Gasteiger charge is -2.26. The summed E-state index contributed by atoms with van der Waals surface area (Å²) in [5, 5.41) is 11.9. The highest BCUT2D eigenvalue weighted by Crippen LogP contribution is 2.43. The van der Waals surface area contributed by atoms with Crippen molar-refractivity contribution < 1.29 is 14.6 Å². The molecule has 0 saturated carbocycles. The number of likely N-dealkylation sites (tertiary alicyclic amines) is 1. The molecule has 6 heteroatoms. The summed E-state index contributed by atoms with van der Waals surface area (Å²) in [6.07, 6.45) is 3.95. The number of benzene rings is 3. The third-order valence-corrected chi connectivity index (χ3v) is 7.74. The van der Waals surface area contributed by atoms with Crippen LogP contribution in [0.3, 0.4) is 0 Å². The molecule has 1 aliphatic heterocycles. The molecule has 35 heavy (non-hydrogen) atoms. The molecule has 4 nitrogen and oxygen atoms in total. The van der Waals surface area contributed by atoms with Gasteiger partial charge in [0.1, 0.15) is 29.6 Å². The number of fused-ring (bicyclic) bond motifs is 1. The van der Waals surface area contributed by atoms with Gasteiger partial charge in [0.15, 0.2) is 0 Å². The average molecular weight is 510 g/mol. The second kappa shape index (κ2) is 11.3. The molecule has 1 saturated heterocycles. The van der Waals surface area contributed by atoms with Crippen molar-refractivity contribution in [2.45, 2.75) is 33.1 Å². The van der Waals surface area contributed by atoms with Gasteiger partial charge in [-0.05, 0) is 105 Å². The second-order valence-electron chi connectivity index (χ2n) is 9.02. The Morgan fingerprint density at radius 3 is 2.34 bits per heavy atom. The van der Waals surface area contributed by atoms with Gasteiger partial charge in [0.05, 0.1) is 0 Å². The fraction of sp³-hybridized carbons (Fsp3) is 0.310. The topological polar surface area (TPSA) is 41.9 Å². The number of nitrogens with zero attached hydrogens (tertiary/aromatic N) is 1. The molecule has 0 bridgehead atoms. The molecule has 0 amide bonds. The molecule has 0 aliphatic carbocycles. The number of phenolic OH excluding ortho intramolecular Hbond substituents is 1. The molecule has 0 spiro atoms. The first-order valence-electron chi connectivity index (χ1n) is 12.0. The van der Waals surface area contributed by atoms with Crippen molar-refractivity contribution in [1.82, 2.24) is 4.90 Å². The van der Waals surface area contributed by atoms with Crippen LogP contribution in [0.25, 0.3) is 21.2 Å². The second-order valence-corrected chi connectivity index (χ2v) is 10.3. The van der Waals surface area contributed by atoms with E-state index in [9.17, 15) is 5.11 Å². The third kappa shape index (κ3) is 5.92. The number of hydrogen-bond donors (Lipinski definition) is 1. The first-order valence-corrected chi connectivity index (χ1v) is 12.8. The van der Waals surface area contributed by atoms with Crippen LogP contribution in [-0.2, 0) is 0 Å². The Labute approximate surface area is 217 Å². The van der Waals surface area contributed by atoms with Crippen molar-refractivity contribution in [1.29, 1.82) is 0 Å². The number of rotatable bonds is 7. The monoisotopic (exact) mass is 509 g/mol. The largest absolute Gasteiger partial charge is 0.508 e. The van der Waals surface area contributed by atoms with Crippen LogP contribution in [0, 0.1) is 13.8 Å². The van der Waals surface area contributed by atoms with Crippen molar-refractivity contribution in [3.63, 3.8) is 0 Å². The van der Waals surface area contributed by atoms with E-state index in [0.29, 0.717) is 6.61 Å². The number of ether oxygens (including phenoxy) is 2. The van der Waals surface area contributed by atoms with Crippen LogP contribution in [0.4, 0.5) is 0 Å². The van der Waals surface area contributed by atoms with E-state index in [4.69, 9.17) is 9.47 Å². The number of piperidine rings is 1. The van der Waals surface area contributed by atoms with Crippen molar-refractivity contribution in [2.24, 2.45) is 0 Å². The maximum Gasteiger partial charge on any atom is 0.143 e. The quantitative estimate of drug-likeness (QED) is 0.274. The van der Waals surface area contributed by atoms with Gasteiger partial charge in [-0.15, -0.1) is 23.7 Å². The molecule has 0 atom stereocenters. The Morgan fingerprint density at radius 1 is 0.886 bits per heavy atom. The lowest BCUT2D eigenvalue weighted by molar-refractivity contribution is 0.183. The summed E-state index contributed by atoms with van der Waals surface area (Å²) in [6, 6.07) is 19.6. The van der Waals surface area contributed by atoms with E-state index in [0.717, 1.165) is 40.1 Å². The molecule has 0 radical (unpaired) electrons. The van der Waals surface area contributed by atoms with Crippen molar-refractivity contribution in [2.75, 3.05) is 26.2 Å². The number of phenols is 1. The fourth-order valence-electron chi connectivity index (χ4n) is 4.50. The number of halogens is 1. The first-order chi connectivity index (χ1) is 16.6. The predicted octanol–water partition coefficient (Wildman–Crippen LogP) is 7.97. The molecule has 3 aromatic carbocycles. The Kier molecular flexibility index (Phi) is 8.22. The maximum absolute atomic E-state index is 9.97. The van der Waals surface area contributed by atoms with Crippen LogP contribution < -0.4 is 9.47 Å². The third-order valence-electron chi connectivity index (χ3n) is 6.55. The van der Waals surface area contributed by atoms with Gasteiger partial charge in [-0.25, -0.2) is 0 Å². The summed E-state index contributed by atoms with van der Waals surface area (Å²) >= 11 is 1.77. The number of aromatic hydroxyl groups is 1. The van der Waals surface area contributed by atoms with Crippen LogP contribution in [0.5, 0.6) is 23.0 Å². The van der Waals surface area contributed by atoms with Gasteiger partial charge in [-0.2, -0.15) is 0 Å². The van der Waals surface area contributed by atoms with Crippen LogP contribution in [-0.4, -0.2) is 36.2 Å². The Balaban J connectivity index is 0.00000289. The van der Waals surface area contributed by atoms with Crippen LogP contribution in [0.15, 0.2) is 60.7 Å². The number of hydrogen-bond acceptors (Lipinski definition) is 5. The Bertz CT molecular complexity index is 1260. The minimum atomic E-state index is 0. The highest BCUT2D eigenvalue weighted by atomic mass is 35.5. The molecule has 0 unspecified atom stereocenters. The summed E-state index contributed by atoms with van der Waals surface area (Å²) in [5.74, 6) is 2.67. The molecule has 2 heterocycles. The van der Waals surface area contributed by atoms with E-state index in [1.165, 1.54) is 47.7 Å². The van der Waals surface area contributed by atoms with Crippen molar-refractivity contribution in [3.05, 3.63) is 71.1 Å². The predicted molar refractivity (Wildman–Crippen MR) is 148 cm³/mol. The minimum absolute atomic E-state index is 0. The zero-order chi connectivity index (χ0) is 23.5. The smallest absolute Gasteiger partial charge is 0.143 e. The van der Waals surface area contributed by atoms with E-state index in [1.54, 1.807) is 23.5 Å². The first kappa shape index (κ1) is 25.4. The van der Waals surface area contributed by atoms with Gasteiger partial charge < -0.3 is 14.6 Å². The van der Waals surface area contributed by atoms with Crippen molar-refractivity contribution in [3.8, 4) is 33.4 Å². The Hall–Kier alpha value is -2.73. The normalized spacial score (nSPS) is 14.0. The summed E-state index contributed by atoms with van der Waals surface area (Å²) in [5.41, 5.74) is 2.34. The number of aryl methyl sites for hydroxylation is 2. The Morgan fingerprint density at radius 2 is 1.63 bits per heavy atom. The van der Waals surface area contributed by atoms with E-state index < -0.39 is 0 Å². The minimum Gasteiger partial charge on any atom is -0.508 e. The van der Waals surface area contributed by atoms with Gasteiger partial charge in [0, 0.05) is 27.2 Å². The summed E-state index contributed by atoms with van der Waals surface area (Å²) in [4.78, 5) is 4.96. The average Bonchev–Trinajstić information content (AvgIpc) is 3.18. The summed E-state index contributed by atoms with van der Waals surface area (Å²) in [7, 11) is 0. The van der Waals surface area contributed by atoms with E-state index in [-0.39, 0.29) is 18.2 Å². The van der Waals surface area contributed by atoms with Gasteiger partial charge in [0.25, 0.3) is 0 Å². The highest BCUT2D eigenvalue weighted by Gasteiger charge is 2.16. The fourth-order valence-corrected chi connectivity index (χ4v) is 5.55.